The van der Waals surface area contributed by atoms with E-state index in [1.165, 1.54) is 19.1 Å². The molecule has 0 aliphatic rings. The molecule has 1 aromatic rings. The van der Waals surface area contributed by atoms with Crippen molar-refractivity contribution in [3.8, 4) is 11.5 Å². The van der Waals surface area contributed by atoms with Crippen LogP contribution in [0.25, 0.3) is 0 Å². The van der Waals surface area contributed by atoms with Crippen molar-refractivity contribution in [3.05, 3.63) is 17.2 Å². The number of ether oxygens (including phenoxy) is 2. The van der Waals surface area contributed by atoms with Crippen molar-refractivity contribution in [2.24, 2.45) is 0 Å². The highest BCUT2D eigenvalue weighted by molar-refractivity contribution is 6.30. The number of amides is 1. The third kappa shape index (κ3) is 2.30. The molecule has 5 heteroatoms. The summed E-state index contributed by atoms with van der Waals surface area (Å²) in [6, 6.07) is 1.68. The monoisotopic (exact) mass is 251 g/mol. The number of carbonyl (C=O) groups excluding carboxylic acids is 2. The molecule has 0 aromatic heterocycles. The van der Waals surface area contributed by atoms with Crippen molar-refractivity contribution in [1.82, 2.24) is 0 Å². The van der Waals surface area contributed by atoms with Crippen LogP contribution in [0.4, 0.5) is 5.69 Å². The number of aldehydes is 1. The first-order chi connectivity index (χ1) is 8.47. The first kappa shape index (κ1) is 14.0. The van der Waals surface area contributed by atoms with E-state index in [-0.39, 0.29) is 6.29 Å². The van der Waals surface area contributed by atoms with Gasteiger partial charge in [-0.3, -0.25) is 9.59 Å². The van der Waals surface area contributed by atoms with Crippen molar-refractivity contribution in [3.63, 3.8) is 0 Å². The molecule has 1 aromatic carbocycles. The molecule has 18 heavy (non-hydrogen) atoms. The summed E-state index contributed by atoms with van der Waals surface area (Å²) < 4.78 is 10.6. The number of anilines is 1. The van der Waals surface area contributed by atoms with Gasteiger partial charge in [0.15, 0.2) is 0 Å². The molecule has 0 radical (unpaired) electrons. The zero-order valence-electron chi connectivity index (χ0n) is 11.2. The van der Waals surface area contributed by atoms with Gasteiger partial charge in [-0.2, -0.15) is 0 Å². The summed E-state index contributed by atoms with van der Waals surface area (Å²) in [5.74, 6) is 0.568. The third-order valence-electron chi connectivity index (χ3n) is 2.99. The molecule has 0 heterocycles. The number of benzene rings is 1. The molecule has 0 atom stereocenters. The Morgan fingerprint density at radius 2 is 1.83 bits per heavy atom. The fraction of sp³-hybridized carbons (Fsp3) is 0.385. The lowest BCUT2D eigenvalue weighted by atomic mass is 10.1. The van der Waals surface area contributed by atoms with E-state index in [4.69, 9.17) is 9.47 Å². The highest BCUT2D eigenvalue weighted by atomic mass is 16.5. The van der Waals surface area contributed by atoms with Gasteiger partial charge in [0.25, 0.3) is 5.91 Å². The number of hydrogen-bond acceptors (Lipinski definition) is 4. The number of nitrogens with zero attached hydrogens (tertiary/aromatic N) is 1. The Hall–Kier alpha value is -2.04. The van der Waals surface area contributed by atoms with Gasteiger partial charge < -0.3 is 14.4 Å². The molecule has 0 bridgehead atoms. The quantitative estimate of drug-likeness (QED) is 0.601. The van der Waals surface area contributed by atoms with Gasteiger partial charge in [-0.25, -0.2) is 0 Å². The van der Waals surface area contributed by atoms with Crippen LogP contribution in [0.3, 0.4) is 0 Å². The van der Waals surface area contributed by atoms with Gasteiger partial charge >= 0.3 is 0 Å². The highest BCUT2D eigenvalue weighted by Gasteiger charge is 2.20. The average molecular weight is 251 g/mol. The smallest absolute Gasteiger partial charge is 0.290 e. The number of carbonyl (C=O) groups is 2. The summed E-state index contributed by atoms with van der Waals surface area (Å²) in [6.45, 7) is 3.78. The minimum Gasteiger partial charge on any atom is -0.496 e. The summed E-state index contributed by atoms with van der Waals surface area (Å²) in [6.07, 6.45) is 0.265. The third-order valence-corrected chi connectivity index (χ3v) is 2.99. The summed E-state index contributed by atoms with van der Waals surface area (Å²) in [5.41, 5.74) is 2.32. The lowest BCUT2D eigenvalue weighted by Crippen LogP contribution is -2.27. The van der Waals surface area contributed by atoms with Crippen LogP contribution in [-0.4, -0.2) is 33.5 Å². The van der Waals surface area contributed by atoms with Crippen LogP contribution in [0.2, 0.25) is 0 Å². The Bertz CT molecular complexity index is 482. The van der Waals surface area contributed by atoms with Crippen LogP contribution in [0, 0.1) is 13.8 Å². The maximum absolute atomic E-state index is 11.4. The zero-order valence-corrected chi connectivity index (χ0v) is 11.2. The van der Waals surface area contributed by atoms with E-state index in [0.717, 1.165) is 11.1 Å². The van der Waals surface area contributed by atoms with Gasteiger partial charge in [-0.05, 0) is 25.0 Å². The summed E-state index contributed by atoms with van der Waals surface area (Å²) in [4.78, 5) is 23.2. The van der Waals surface area contributed by atoms with E-state index >= 15 is 0 Å². The lowest BCUT2D eigenvalue weighted by molar-refractivity contribution is -0.129. The Morgan fingerprint density at radius 1 is 1.22 bits per heavy atom. The SMILES string of the molecule is COc1cc(N(C)C(=O)C=O)c(OC)c(C)c1C. The summed E-state index contributed by atoms with van der Waals surface area (Å²) in [7, 11) is 4.60. The molecule has 98 valence electrons. The van der Waals surface area contributed by atoms with Crippen LogP contribution in [-0.2, 0) is 9.59 Å². The van der Waals surface area contributed by atoms with Crippen molar-refractivity contribution in [2.45, 2.75) is 13.8 Å². The highest BCUT2D eigenvalue weighted by Crippen LogP contribution is 2.38. The van der Waals surface area contributed by atoms with Crippen LogP contribution in [0.1, 0.15) is 11.1 Å². The van der Waals surface area contributed by atoms with Crippen LogP contribution in [0.5, 0.6) is 11.5 Å². The molecule has 1 rings (SSSR count). The zero-order chi connectivity index (χ0) is 13.9. The lowest BCUT2D eigenvalue weighted by Gasteiger charge is -2.22. The number of rotatable bonds is 4. The normalized spacial score (nSPS) is 9.83. The van der Waals surface area contributed by atoms with Crippen LogP contribution < -0.4 is 14.4 Å². The average Bonchev–Trinajstić information content (AvgIpc) is 2.39. The molecular weight excluding hydrogens is 234 g/mol. The van der Waals surface area contributed by atoms with Gasteiger partial charge in [0.2, 0.25) is 6.29 Å². The molecule has 0 fully saturated rings. The second kappa shape index (κ2) is 5.53. The molecule has 0 saturated carbocycles. The first-order valence-corrected chi connectivity index (χ1v) is 5.43. The van der Waals surface area contributed by atoms with Gasteiger partial charge in [0.05, 0.1) is 19.9 Å². The van der Waals surface area contributed by atoms with E-state index in [1.54, 1.807) is 13.2 Å². The van der Waals surface area contributed by atoms with Crippen molar-refractivity contribution < 1.29 is 19.1 Å². The molecule has 0 saturated heterocycles. The van der Waals surface area contributed by atoms with E-state index < -0.39 is 5.91 Å². The topological polar surface area (TPSA) is 55.8 Å². The largest absolute Gasteiger partial charge is 0.496 e. The molecule has 0 aliphatic carbocycles. The van der Waals surface area contributed by atoms with E-state index in [9.17, 15) is 9.59 Å². The standard InChI is InChI=1S/C13H17NO4/c1-8-9(2)13(18-5)10(6-11(8)17-4)14(3)12(16)7-15/h6-7H,1-5H3. The van der Waals surface area contributed by atoms with Gasteiger partial charge in [0, 0.05) is 13.1 Å². The Labute approximate surface area is 106 Å². The second-order valence-electron chi connectivity index (χ2n) is 3.90. The number of likely N-dealkylation sites (N-methyl/N-ethyl adjacent to an activating group) is 1. The number of methoxy groups -OCH3 is 2. The molecule has 0 spiro atoms. The molecule has 0 N–H and O–H groups in total. The van der Waals surface area contributed by atoms with E-state index in [2.05, 4.69) is 0 Å². The van der Waals surface area contributed by atoms with Crippen LogP contribution in [0.15, 0.2) is 6.07 Å². The van der Waals surface area contributed by atoms with Gasteiger partial charge in [-0.15, -0.1) is 0 Å². The maximum Gasteiger partial charge on any atom is 0.290 e. The minimum absolute atomic E-state index is 0.265. The van der Waals surface area contributed by atoms with E-state index in [0.29, 0.717) is 17.2 Å². The maximum atomic E-state index is 11.4. The minimum atomic E-state index is -0.640. The predicted octanol–water partition coefficient (Wildman–Crippen LogP) is 1.48. The molecule has 0 unspecified atom stereocenters. The number of hydrogen-bond donors (Lipinski definition) is 0. The van der Waals surface area contributed by atoms with Crippen molar-refractivity contribution >= 4 is 17.9 Å². The van der Waals surface area contributed by atoms with Crippen molar-refractivity contribution in [1.29, 1.82) is 0 Å². The first-order valence-electron chi connectivity index (χ1n) is 5.43. The Morgan fingerprint density at radius 3 is 2.28 bits per heavy atom. The van der Waals surface area contributed by atoms with Gasteiger partial charge in [-0.1, -0.05) is 0 Å². The molecular formula is C13H17NO4. The van der Waals surface area contributed by atoms with Crippen molar-refractivity contribution in [2.75, 3.05) is 26.2 Å². The van der Waals surface area contributed by atoms with Gasteiger partial charge in [0.1, 0.15) is 11.5 Å². The Kier molecular flexibility index (Phi) is 4.31. The molecule has 0 aliphatic heterocycles. The summed E-state index contributed by atoms with van der Waals surface area (Å²) >= 11 is 0. The Balaban J connectivity index is 3.46. The fourth-order valence-corrected chi connectivity index (χ4v) is 1.76. The molecule has 1 amide bonds. The summed E-state index contributed by atoms with van der Waals surface area (Å²) in [5, 5.41) is 0. The van der Waals surface area contributed by atoms with Crippen LogP contribution >= 0.6 is 0 Å². The predicted molar refractivity (Wildman–Crippen MR) is 68.5 cm³/mol. The molecule has 5 nitrogen and oxygen atoms in total. The fourth-order valence-electron chi connectivity index (χ4n) is 1.76. The second-order valence-corrected chi connectivity index (χ2v) is 3.90. The van der Waals surface area contributed by atoms with E-state index in [1.807, 2.05) is 13.8 Å².